The van der Waals surface area contributed by atoms with E-state index in [4.69, 9.17) is 18.9 Å². The normalized spacial score (nSPS) is 38.4. The van der Waals surface area contributed by atoms with Crippen molar-refractivity contribution in [3.63, 3.8) is 0 Å². The Hall–Kier alpha value is -1.05. The van der Waals surface area contributed by atoms with E-state index in [0.29, 0.717) is 13.0 Å². The summed E-state index contributed by atoms with van der Waals surface area (Å²) in [6.07, 6.45) is -0.790. The summed E-state index contributed by atoms with van der Waals surface area (Å²) in [7, 11) is -1.62. The molecule has 4 rings (SSSR count). The van der Waals surface area contributed by atoms with Gasteiger partial charge in [-0.1, -0.05) is 50.0 Å². The molecule has 1 spiro atoms. The van der Waals surface area contributed by atoms with Gasteiger partial charge in [-0.25, -0.2) is 0 Å². The van der Waals surface area contributed by atoms with Crippen LogP contribution in [0.4, 0.5) is 0 Å². The molecule has 1 aromatic rings. The van der Waals surface area contributed by atoms with Crippen LogP contribution in [-0.4, -0.2) is 43.7 Å². The molecule has 3 aliphatic rings. The number of ketones is 1. The van der Waals surface area contributed by atoms with Gasteiger partial charge in [0.1, 0.15) is 12.2 Å². The highest BCUT2D eigenvalue weighted by Crippen LogP contribution is 2.59. The predicted molar refractivity (Wildman–Crippen MR) is 99.4 cm³/mol. The van der Waals surface area contributed by atoms with Crippen molar-refractivity contribution in [1.82, 2.24) is 0 Å². The number of fused-ring (bicyclic) bond motifs is 1. The van der Waals surface area contributed by atoms with Crippen molar-refractivity contribution in [1.29, 1.82) is 0 Å². The lowest BCUT2D eigenvalue weighted by Gasteiger charge is -2.53. The van der Waals surface area contributed by atoms with E-state index in [1.807, 2.05) is 44.2 Å². The maximum Gasteiger partial charge on any atom is 0.191 e. The lowest BCUT2D eigenvalue weighted by Crippen LogP contribution is -2.67. The molecule has 0 aromatic heterocycles. The lowest BCUT2D eigenvalue weighted by molar-refractivity contribution is -0.251. The molecule has 1 aliphatic carbocycles. The highest BCUT2D eigenvalue weighted by molar-refractivity contribution is 6.79. The zero-order valence-electron chi connectivity index (χ0n) is 16.2. The second-order valence-corrected chi connectivity index (χ2v) is 14.6. The fraction of sp³-hybridized carbons (Fsp3) is 0.650. The van der Waals surface area contributed by atoms with Crippen LogP contribution in [0.1, 0.15) is 25.8 Å². The number of hydrogen-bond donors (Lipinski definition) is 0. The Morgan fingerprint density at radius 1 is 1.12 bits per heavy atom. The standard InChI is InChI=1S/C20H28O5Si/c1-19(2)23-16-17(22-12-13-9-7-6-8-10-13)20(25-18(16)24-19)14(21)11-15(20)26(3,4)5/h6-10,15-18H,11-12H2,1-5H3/t15?,16?,17-,18?,20+/m0/s1. The Labute approximate surface area is 156 Å². The van der Waals surface area contributed by atoms with Crippen LogP contribution in [0.2, 0.25) is 25.2 Å². The van der Waals surface area contributed by atoms with E-state index < -0.39 is 31.9 Å². The van der Waals surface area contributed by atoms with E-state index in [9.17, 15) is 4.79 Å². The molecule has 2 aliphatic heterocycles. The van der Waals surface area contributed by atoms with Crippen molar-refractivity contribution in [2.75, 3.05) is 0 Å². The topological polar surface area (TPSA) is 54.0 Å². The van der Waals surface area contributed by atoms with Crippen molar-refractivity contribution in [2.24, 2.45) is 0 Å². The molecule has 0 radical (unpaired) electrons. The average Bonchev–Trinajstić information content (AvgIpc) is 3.01. The Morgan fingerprint density at radius 2 is 1.81 bits per heavy atom. The highest BCUT2D eigenvalue weighted by Gasteiger charge is 2.74. The van der Waals surface area contributed by atoms with Crippen LogP contribution < -0.4 is 0 Å². The van der Waals surface area contributed by atoms with Gasteiger partial charge in [-0.15, -0.1) is 0 Å². The van der Waals surface area contributed by atoms with Crippen molar-refractivity contribution in [3.05, 3.63) is 35.9 Å². The number of rotatable bonds is 4. The Morgan fingerprint density at radius 3 is 2.42 bits per heavy atom. The maximum atomic E-state index is 12.8. The number of benzene rings is 1. The van der Waals surface area contributed by atoms with E-state index in [1.54, 1.807) is 0 Å². The van der Waals surface area contributed by atoms with Gasteiger partial charge < -0.3 is 18.9 Å². The molecule has 3 fully saturated rings. The van der Waals surface area contributed by atoms with Crippen LogP contribution in [0.5, 0.6) is 0 Å². The summed E-state index contributed by atoms with van der Waals surface area (Å²) in [5.41, 5.74) is 0.371. The van der Waals surface area contributed by atoms with E-state index in [0.717, 1.165) is 5.56 Å². The first kappa shape index (κ1) is 18.3. The molecule has 3 unspecified atom stereocenters. The van der Waals surface area contributed by atoms with Crippen molar-refractivity contribution < 1.29 is 23.7 Å². The number of ether oxygens (including phenoxy) is 4. The fourth-order valence-corrected chi connectivity index (χ4v) is 7.03. The largest absolute Gasteiger partial charge is 0.367 e. The van der Waals surface area contributed by atoms with Crippen LogP contribution >= 0.6 is 0 Å². The predicted octanol–water partition coefficient (Wildman–Crippen LogP) is 3.50. The van der Waals surface area contributed by atoms with Crippen LogP contribution in [0, 0.1) is 0 Å². The summed E-state index contributed by atoms with van der Waals surface area (Å²) >= 11 is 0. The van der Waals surface area contributed by atoms with Gasteiger partial charge in [0.15, 0.2) is 23.5 Å². The summed E-state index contributed by atoms with van der Waals surface area (Å²) in [5, 5.41) is 0. The molecule has 1 aromatic carbocycles. The number of hydrogen-bond acceptors (Lipinski definition) is 5. The van der Waals surface area contributed by atoms with Gasteiger partial charge in [0.2, 0.25) is 0 Å². The van der Waals surface area contributed by atoms with Crippen LogP contribution in [-0.2, 0) is 30.3 Å². The molecule has 0 bridgehead atoms. The zero-order chi connectivity index (χ0) is 18.7. The molecule has 0 amide bonds. The Bertz CT molecular complexity index is 698. The molecule has 2 heterocycles. The van der Waals surface area contributed by atoms with E-state index in [1.165, 1.54) is 0 Å². The first-order chi connectivity index (χ1) is 12.1. The molecule has 6 heteroatoms. The van der Waals surface area contributed by atoms with Gasteiger partial charge >= 0.3 is 0 Å². The molecular formula is C20H28O5Si. The highest BCUT2D eigenvalue weighted by atomic mass is 28.3. The molecule has 142 valence electrons. The lowest BCUT2D eigenvalue weighted by atomic mass is 9.73. The maximum absolute atomic E-state index is 12.8. The van der Waals surface area contributed by atoms with Crippen LogP contribution in [0.25, 0.3) is 0 Å². The van der Waals surface area contributed by atoms with E-state index >= 15 is 0 Å². The van der Waals surface area contributed by atoms with Gasteiger partial charge in [0.05, 0.1) is 14.7 Å². The van der Waals surface area contributed by atoms with Crippen LogP contribution in [0.15, 0.2) is 30.3 Å². The average molecular weight is 377 g/mol. The summed E-state index contributed by atoms with van der Waals surface area (Å²) in [4.78, 5) is 12.8. The molecule has 5 nitrogen and oxygen atoms in total. The van der Waals surface area contributed by atoms with E-state index in [-0.39, 0.29) is 17.4 Å². The molecule has 5 atom stereocenters. The second kappa shape index (κ2) is 5.97. The third-order valence-corrected chi connectivity index (χ3v) is 8.50. The Balaban J connectivity index is 1.64. The SMILES string of the molecule is CC1(C)OC2O[C@@]3(C(=O)CC3[Si](C)(C)C)[C@@H](OCc3ccccc3)C2O1. The molecule has 0 N–H and O–H groups in total. The quantitative estimate of drug-likeness (QED) is 0.753. The minimum absolute atomic E-state index is 0.127. The Kier molecular flexibility index (Phi) is 4.21. The van der Waals surface area contributed by atoms with Gasteiger partial charge in [-0.3, -0.25) is 4.79 Å². The molecular weight excluding hydrogens is 348 g/mol. The van der Waals surface area contributed by atoms with Gasteiger partial charge in [0.25, 0.3) is 0 Å². The first-order valence-electron chi connectivity index (χ1n) is 9.36. The summed E-state index contributed by atoms with van der Waals surface area (Å²) in [6, 6.07) is 10.00. The molecule has 1 saturated carbocycles. The number of carbonyl (C=O) groups is 1. The minimum Gasteiger partial charge on any atom is -0.367 e. The summed E-state index contributed by atoms with van der Waals surface area (Å²) < 4.78 is 24.7. The van der Waals surface area contributed by atoms with Gasteiger partial charge in [-0.05, 0) is 25.0 Å². The van der Waals surface area contributed by atoms with Crippen molar-refractivity contribution in [2.45, 2.75) is 81.9 Å². The zero-order valence-corrected chi connectivity index (χ0v) is 17.2. The summed E-state index contributed by atoms with van der Waals surface area (Å²) in [5.74, 6) is -0.602. The molecule has 2 saturated heterocycles. The number of Topliss-reactive ketones (excluding diaryl/α,β-unsaturated/α-hetero) is 1. The van der Waals surface area contributed by atoms with Gasteiger partial charge in [-0.2, -0.15) is 0 Å². The number of carbonyl (C=O) groups excluding carboxylic acids is 1. The van der Waals surface area contributed by atoms with Crippen LogP contribution in [0.3, 0.4) is 0 Å². The smallest absolute Gasteiger partial charge is 0.191 e. The van der Waals surface area contributed by atoms with E-state index in [2.05, 4.69) is 19.6 Å². The van der Waals surface area contributed by atoms with Crippen molar-refractivity contribution in [3.8, 4) is 0 Å². The third-order valence-electron chi connectivity index (χ3n) is 5.78. The van der Waals surface area contributed by atoms with Crippen molar-refractivity contribution >= 4 is 13.9 Å². The molecule has 26 heavy (non-hydrogen) atoms. The summed E-state index contributed by atoms with van der Waals surface area (Å²) in [6.45, 7) is 11.0. The first-order valence-corrected chi connectivity index (χ1v) is 12.9. The minimum atomic E-state index is -1.62. The monoisotopic (exact) mass is 376 g/mol. The second-order valence-electron chi connectivity index (χ2n) is 9.14. The fourth-order valence-electron chi connectivity index (χ4n) is 4.55. The van der Waals surface area contributed by atoms with Gasteiger partial charge in [0, 0.05) is 6.42 Å². The third kappa shape index (κ3) is 2.79.